The first-order valence-electron chi connectivity index (χ1n) is 14.7. The number of aromatic hydroxyl groups is 1. The van der Waals surface area contributed by atoms with E-state index in [1.807, 2.05) is 0 Å². The van der Waals surface area contributed by atoms with E-state index in [2.05, 4.69) is 17.6 Å². The normalized spacial score (nSPS) is 12.6. The third-order valence-corrected chi connectivity index (χ3v) is 6.96. The zero-order valence-corrected chi connectivity index (χ0v) is 26.5. The maximum absolute atomic E-state index is 14.2. The average Bonchev–Trinajstić information content (AvgIpc) is 2.90. The fourth-order valence-corrected chi connectivity index (χ4v) is 4.90. The topological polar surface area (TPSA) is 151 Å². The van der Waals surface area contributed by atoms with Crippen LogP contribution in [-0.2, 0) is 19.1 Å². The Morgan fingerprint density at radius 3 is 2.28 bits per heavy atom. The number of ether oxygens (including phenoxy) is 1. The molecule has 0 aromatic heterocycles. The fourth-order valence-electron chi connectivity index (χ4n) is 4.63. The number of unbranched alkanes of at least 4 members (excludes halogenated alkanes) is 5. The molecule has 0 saturated heterocycles. The van der Waals surface area contributed by atoms with Gasteiger partial charge in [0.25, 0.3) is 5.91 Å². The number of nitrogens with two attached hydrogens (primary N) is 1. The molecule has 0 spiro atoms. The highest BCUT2D eigenvalue weighted by atomic mass is 35.5. The molecular formula is C32H45ClN4O6. The third kappa shape index (κ3) is 11.8. The number of amides is 4. The van der Waals surface area contributed by atoms with Crippen molar-refractivity contribution >= 4 is 41.1 Å². The van der Waals surface area contributed by atoms with E-state index < -0.39 is 47.9 Å². The van der Waals surface area contributed by atoms with Crippen LogP contribution >= 0.6 is 11.6 Å². The first-order chi connectivity index (χ1) is 20.2. The van der Waals surface area contributed by atoms with Gasteiger partial charge in [0.05, 0.1) is 17.1 Å². The monoisotopic (exact) mass is 616 g/mol. The highest BCUT2D eigenvalue weighted by Gasteiger charge is 2.37. The number of phenolic OH excluding ortho intramolecular Hbond substituents is 1. The molecule has 2 aromatic carbocycles. The van der Waals surface area contributed by atoms with Gasteiger partial charge in [-0.25, -0.2) is 4.79 Å². The van der Waals surface area contributed by atoms with Crippen LogP contribution in [0.25, 0.3) is 0 Å². The zero-order chi connectivity index (χ0) is 32.2. The predicted molar refractivity (Wildman–Crippen MR) is 168 cm³/mol. The number of carbonyl (C=O) groups is 4. The van der Waals surface area contributed by atoms with E-state index in [0.29, 0.717) is 28.3 Å². The number of aryl methyl sites for hydroxylation is 1. The van der Waals surface area contributed by atoms with Crippen LogP contribution < -0.4 is 16.4 Å². The summed E-state index contributed by atoms with van der Waals surface area (Å²) in [5.74, 6) is -2.20. The van der Waals surface area contributed by atoms with E-state index in [1.54, 1.807) is 58.0 Å². The molecule has 10 nitrogen and oxygen atoms in total. The van der Waals surface area contributed by atoms with Gasteiger partial charge in [0.2, 0.25) is 11.8 Å². The molecule has 0 heterocycles. The number of phenols is 1. The number of primary amides is 1. The largest absolute Gasteiger partial charge is 0.508 e. The van der Waals surface area contributed by atoms with Crippen LogP contribution in [0.3, 0.4) is 0 Å². The average molecular weight is 617 g/mol. The first kappa shape index (κ1) is 35.4. The lowest BCUT2D eigenvalue weighted by molar-refractivity contribution is -0.142. The highest BCUT2D eigenvalue weighted by molar-refractivity contribution is 6.34. The summed E-state index contributed by atoms with van der Waals surface area (Å²) in [6.45, 7) is 9.04. The van der Waals surface area contributed by atoms with E-state index in [0.717, 1.165) is 32.1 Å². The Balaban J connectivity index is 2.56. The minimum atomic E-state index is -1.40. The minimum absolute atomic E-state index is 0.100. The summed E-state index contributed by atoms with van der Waals surface area (Å²) in [4.78, 5) is 54.3. The van der Waals surface area contributed by atoms with Crippen molar-refractivity contribution in [3.63, 3.8) is 0 Å². The molecule has 0 saturated carbocycles. The van der Waals surface area contributed by atoms with Gasteiger partial charge in [0.1, 0.15) is 23.4 Å². The van der Waals surface area contributed by atoms with Crippen molar-refractivity contribution in [2.75, 3.05) is 11.9 Å². The van der Waals surface area contributed by atoms with Gasteiger partial charge in [0, 0.05) is 6.54 Å². The van der Waals surface area contributed by atoms with Crippen molar-refractivity contribution < 1.29 is 29.0 Å². The number of benzene rings is 2. The molecular weight excluding hydrogens is 572 g/mol. The van der Waals surface area contributed by atoms with Crippen molar-refractivity contribution in [1.82, 2.24) is 10.2 Å². The number of rotatable bonds is 15. The Bertz CT molecular complexity index is 1240. The smallest absolute Gasteiger partial charge is 0.408 e. The molecule has 2 rings (SSSR count). The summed E-state index contributed by atoms with van der Waals surface area (Å²) in [6.07, 6.45) is 4.09. The van der Waals surface area contributed by atoms with E-state index in [-0.39, 0.29) is 12.3 Å². The quantitative estimate of drug-likeness (QED) is 0.180. The van der Waals surface area contributed by atoms with Gasteiger partial charge in [-0.05, 0) is 63.4 Å². The molecule has 0 fully saturated rings. The van der Waals surface area contributed by atoms with E-state index >= 15 is 0 Å². The summed E-state index contributed by atoms with van der Waals surface area (Å²) in [5, 5.41) is 15.9. The zero-order valence-electron chi connectivity index (χ0n) is 25.7. The van der Waals surface area contributed by atoms with Crippen LogP contribution in [0, 0.1) is 6.92 Å². The number of hydrogen-bond donors (Lipinski definition) is 4. The van der Waals surface area contributed by atoms with Gasteiger partial charge in [-0.2, -0.15) is 0 Å². The molecule has 0 aliphatic rings. The second-order valence-corrected chi connectivity index (χ2v) is 12.0. The van der Waals surface area contributed by atoms with Crippen molar-refractivity contribution in [2.45, 2.75) is 97.2 Å². The molecule has 0 aliphatic carbocycles. The lowest BCUT2D eigenvalue weighted by atomic mass is 10.0. The number of hydrogen-bond acceptors (Lipinski definition) is 6. The lowest BCUT2D eigenvalue weighted by Gasteiger charge is -2.34. The number of halogens is 1. The van der Waals surface area contributed by atoms with Gasteiger partial charge >= 0.3 is 6.09 Å². The maximum atomic E-state index is 14.2. The lowest BCUT2D eigenvalue weighted by Crippen LogP contribution is -2.53. The maximum Gasteiger partial charge on any atom is 0.408 e. The molecule has 4 amide bonds. The van der Waals surface area contributed by atoms with E-state index in [9.17, 15) is 24.3 Å². The molecule has 0 aliphatic heterocycles. The van der Waals surface area contributed by atoms with Gasteiger partial charge in [0.15, 0.2) is 0 Å². The SMILES string of the molecule is CCCCCCCCN(C(=O)C(CC(N)=O)NC(=O)OC(C)(C)C)C(C(=O)Nc1c(C)cccc1Cl)c1cccc(O)c1. The molecule has 43 heavy (non-hydrogen) atoms. The number of nitrogens with one attached hydrogen (secondary N) is 2. The Labute approximate surface area is 259 Å². The Kier molecular flexibility index (Phi) is 13.8. The molecule has 2 unspecified atom stereocenters. The number of carbonyl (C=O) groups excluding carboxylic acids is 4. The predicted octanol–water partition coefficient (Wildman–Crippen LogP) is 5.99. The molecule has 0 bridgehead atoms. The van der Waals surface area contributed by atoms with Gasteiger partial charge in [-0.1, -0.05) is 74.9 Å². The molecule has 11 heteroatoms. The minimum Gasteiger partial charge on any atom is -0.508 e. The first-order valence-corrected chi connectivity index (χ1v) is 15.0. The van der Waals surface area contributed by atoms with Crippen LogP contribution in [0.1, 0.15) is 89.8 Å². The third-order valence-electron chi connectivity index (χ3n) is 6.65. The van der Waals surface area contributed by atoms with E-state index in [1.165, 1.54) is 17.0 Å². The van der Waals surface area contributed by atoms with Crippen molar-refractivity contribution in [3.8, 4) is 5.75 Å². The summed E-state index contributed by atoms with van der Waals surface area (Å²) in [5.41, 5.74) is 6.04. The standard InChI is InChI=1S/C32H45ClN4O6/c1-6-7-8-9-10-11-18-37(30(41)25(20-26(34)39)35-31(42)43-32(3,4)5)28(22-15-13-16-23(38)19-22)29(40)36-27-21(2)14-12-17-24(27)33/h12-17,19,25,28,38H,6-11,18,20H2,1-5H3,(H2,34,39)(H,35,42)(H,36,40). The Hall–Kier alpha value is -3.79. The van der Waals surface area contributed by atoms with Crippen LogP contribution in [0.5, 0.6) is 5.75 Å². The van der Waals surface area contributed by atoms with Crippen LogP contribution in [-0.4, -0.2) is 52.0 Å². The Morgan fingerprint density at radius 1 is 1.02 bits per heavy atom. The molecule has 0 radical (unpaired) electrons. The molecule has 2 atom stereocenters. The van der Waals surface area contributed by atoms with Gasteiger partial charge in [-0.3, -0.25) is 14.4 Å². The van der Waals surface area contributed by atoms with Crippen LogP contribution in [0.15, 0.2) is 42.5 Å². The van der Waals surface area contributed by atoms with Crippen LogP contribution in [0.4, 0.5) is 10.5 Å². The summed E-state index contributed by atoms with van der Waals surface area (Å²) >= 11 is 6.41. The molecule has 2 aromatic rings. The van der Waals surface area contributed by atoms with Gasteiger partial charge in [-0.15, -0.1) is 0 Å². The summed E-state index contributed by atoms with van der Waals surface area (Å²) < 4.78 is 5.33. The molecule has 236 valence electrons. The highest BCUT2D eigenvalue weighted by Crippen LogP contribution is 2.31. The van der Waals surface area contributed by atoms with Crippen LogP contribution in [0.2, 0.25) is 5.02 Å². The van der Waals surface area contributed by atoms with E-state index in [4.69, 9.17) is 22.1 Å². The van der Waals surface area contributed by atoms with Crippen molar-refractivity contribution in [3.05, 3.63) is 58.6 Å². The number of anilines is 1. The van der Waals surface area contributed by atoms with Gasteiger partial charge < -0.3 is 31.1 Å². The fraction of sp³-hybridized carbons (Fsp3) is 0.500. The second-order valence-electron chi connectivity index (χ2n) is 11.6. The van der Waals surface area contributed by atoms with Crippen molar-refractivity contribution in [2.24, 2.45) is 5.73 Å². The van der Waals surface area contributed by atoms with Crippen molar-refractivity contribution in [1.29, 1.82) is 0 Å². The number of alkyl carbamates (subject to hydrolysis) is 1. The number of nitrogens with zero attached hydrogens (tertiary/aromatic N) is 1. The summed E-state index contributed by atoms with van der Waals surface area (Å²) in [6, 6.07) is 8.58. The molecule has 5 N–H and O–H groups in total. The summed E-state index contributed by atoms with van der Waals surface area (Å²) in [7, 11) is 0. The second kappa shape index (κ2) is 16.7. The Morgan fingerprint density at radius 2 is 1.67 bits per heavy atom. The number of para-hydroxylation sites is 1.